The fourth-order valence-electron chi connectivity index (χ4n) is 2.08. The fourth-order valence-corrected chi connectivity index (χ4v) is 2.08. The Balaban J connectivity index is 2.48. The summed E-state index contributed by atoms with van der Waals surface area (Å²) in [7, 11) is 0. The molecule has 1 atom stereocenters. The number of rotatable bonds is 5. The van der Waals surface area contributed by atoms with Crippen molar-refractivity contribution in [1.29, 1.82) is 0 Å². The molecule has 0 aliphatic carbocycles. The summed E-state index contributed by atoms with van der Waals surface area (Å²) in [4.78, 5) is 26.6. The van der Waals surface area contributed by atoms with Gasteiger partial charge in [-0.25, -0.2) is 0 Å². The van der Waals surface area contributed by atoms with E-state index in [9.17, 15) is 9.59 Å². The Morgan fingerprint density at radius 1 is 1.28 bits per heavy atom. The minimum atomic E-state index is -0.509. The van der Waals surface area contributed by atoms with Gasteiger partial charge in [0.2, 0.25) is 11.8 Å². The van der Waals surface area contributed by atoms with Crippen molar-refractivity contribution in [3.63, 3.8) is 0 Å². The third-order valence-corrected chi connectivity index (χ3v) is 3.02. The molecule has 0 aromatic rings. The Morgan fingerprint density at radius 2 is 2.00 bits per heavy atom. The lowest BCUT2D eigenvalue weighted by atomic mass is 10.2. The highest BCUT2D eigenvalue weighted by molar-refractivity contribution is 5.81. The van der Waals surface area contributed by atoms with Gasteiger partial charge in [-0.2, -0.15) is 0 Å². The highest BCUT2D eigenvalue weighted by atomic mass is 16.2. The van der Waals surface area contributed by atoms with Gasteiger partial charge in [-0.1, -0.05) is 6.08 Å². The van der Waals surface area contributed by atoms with Gasteiger partial charge in [-0.3, -0.25) is 14.5 Å². The quantitative estimate of drug-likeness (QED) is 0.610. The standard InChI is InChI=1S/C12H22N4O2/c1-2-4-10(13)12(18)16-6-3-5-15(7-8-16)9-11(14)17/h2,10H,1,3-9,13H2,(H2,14,17). The van der Waals surface area contributed by atoms with E-state index in [1.807, 2.05) is 4.90 Å². The number of nitrogens with two attached hydrogens (primary N) is 2. The number of carbonyl (C=O) groups is 2. The Labute approximate surface area is 108 Å². The van der Waals surface area contributed by atoms with E-state index in [0.717, 1.165) is 13.0 Å². The van der Waals surface area contributed by atoms with Crippen LogP contribution in [0.4, 0.5) is 0 Å². The fraction of sp³-hybridized carbons (Fsp3) is 0.667. The lowest BCUT2D eigenvalue weighted by Gasteiger charge is -2.23. The van der Waals surface area contributed by atoms with E-state index in [-0.39, 0.29) is 18.4 Å². The van der Waals surface area contributed by atoms with Crippen molar-refractivity contribution in [2.45, 2.75) is 18.9 Å². The Hall–Kier alpha value is -1.40. The zero-order valence-corrected chi connectivity index (χ0v) is 10.7. The molecule has 1 heterocycles. The number of carbonyl (C=O) groups excluding carboxylic acids is 2. The maximum atomic E-state index is 12.0. The molecule has 6 nitrogen and oxygen atoms in total. The van der Waals surface area contributed by atoms with Crippen LogP contribution in [-0.2, 0) is 9.59 Å². The Bertz CT molecular complexity index is 319. The van der Waals surface area contributed by atoms with E-state index in [4.69, 9.17) is 11.5 Å². The molecule has 0 aromatic carbocycles. The molecular weight excluding hydrogens is 232 g/mol. The normalized spacial score (nSPS) is 19.1. The summed E-state index contributed by atoms with van der Waals surface area (Å²) in [5, 5.41) is 0. The van der Waals surface area contributed by atoms with E-state index >= 15 is 0 Å². The van der Waals surface area contributed by atoms with Gasteiger partial charge in [0.15, 0.2) is 0 Å². The second-order valence-electron chi connectivity index (χ2n) is 4.55. The van der Waals surface area contributed by atoms with Crippen LogP contribution in [0.1, 0.15) is 12.8 Å². The molecule has 0 radical (unpaired) electrons. The lowest BCUT2D eigenvalue weighted by Crippen LogP contribution is -2.45. The van der Waals surface area contributed by atoms with Crippen LogP contribution in [0, 0.1) is 0 Å². The van der Waals surface area contributed by atoms with Crippen LogP contribution < -0.4 is 11.5 Å². The summed E-state index contributed by atoms with van der Waals surface area (Å²) in [5.74, 6) is -0.381. The van der Waals surface area contributed by atoms with Crippen molar-refractivity contribution < 1.29 is 9.59 Å². The maximum absolute atomic E-state index is 12.0. The summed E-state index contributed by atoms with van der Waals surface area (Å²) >= 11 is 0. The predicted molar refractivity (Wildman–Crippen MR) is 69.6 cm³/mol. The second-order valence-corrected chi connectivity index (χ2v) is 4.55. The predicted octanol–water partition coefficient (Wildman–Crippen LogP) is -1.09. The third-order valence-electron chi connectivity index (χ3n) is 3.02. The van der Waals surface area contributed by atoms with Gasteiger partial charge in [0.1, 0.15) is 0 Å². The first-order valence-corrected chi connectivity index (χ1v) is 6.20. The van der Waals surface area contributed by atoms with Crippen LogP contribution in [0.15, 0.2) is 12.7 Å². The van der Waals surface area contributed by atoms with E-state index in [1.54, 1.807) is 11.0 Å². The van der Waals surface area contributed by atoms with Gasteiger partial charge in [-0.15, -0.1) is 6.58 Å². The molecule has 0 saturated carbocycles. The van der Waals surface area contributed by atoms with Crippen LogP contribution in [0.25, 0.3) is 0 Å². The SMILES string of the molecule is C=CCC(N)C(=O)N1CCCN(CC(N)=O)CC1. The molecule has 1 unspecified atom stereocenters. The van der Waals surface area contributed by atoms with Crippen molar-refractivity contribution in [3.05, 3.63) is 12.7 Å². The first-order chi connectivity index (χ1) is 8.54. The van der Waals surface area contributed by atoms with Crippen molar-refractivity contribution >= 4 is 11.8 Å². The van der Waals surface area contributed by atoms with Crippen LogP contribution in [0.2, 0.25) is 0 Å². The van der Waals surface area contributed by atoms with Crippen LogP contribution >= 0.6 is 0 Å². The van der Waals surface area contributed by atoms with E-state index in [2.05, 4.69) is 6.58 Å². The topological polar surface area (TPSA) is 92.7 Å². The Kier molecular flexibility index (Phi) is 5.80. The lowest BCUT2D eigenvalue weighted by molar-refractivity contribution is -0.132. The summed E-state index contributed by atoms with van der Waals surface area (Å²) < 4.78 is 0. The van der Waals surface area contributed by atoms with Gasteiger partial charge >= 0.3 is 0 Å². The highest BCUT2D eigenvalue weighted by Gasteiger charge is 2.23. The molecule has 18 heavy (non-hydrogen) atoms. The van der Waals surface area contributed by atoms with E-state index < -0.39 is 6.04 Å². The maximum Gasteiger partial charge on any atom is 0.239 e. The molecule has 1 fully saturated rings. The molecule has 1 rings (SSSR count). The van der Waals surface area contributed by atoms with Gasteiger partial charge in [0.25, 0.3) is 0 Å². The monoisotopic (exact) mass is 254 g/mol. The minimum absolute atomic E-state index is 0.0455. The molecule has 0 aromatic heterocycles. The smallest absolute Gasteiger partial charge is 0.239 e. The molecule has 2 amide bonds. The first kappa shape index (κ1) is 14.7. The third kappa shape index (κ3) is 4.46. The first-order valence-electron chi connectivity index (χ1n) is 6.20. The molecule has 1 saturated heterocycles. The van der Waals surface area contributed by atoms with Gasteiger partial charge in [-0.05, 0) is 12.8 Å². The second kappa shape index (κ2) is 7.13. The minimum Gasteiger partial charge on any atom is -0.369 e. The summed E-state index contributed by atoms with van der Waals surface area (Å²) in [6.07, 6.45) is 2.97. The van der Waals surface area contributed by atoms with Crippen LogP contribution in [-0.4, -0.2) is 60.4 Å². The highest BCUT2D eigenvalue weighted by Crippen LogP contribution is 2.05. The number of hydrogen-bond donors (Lipinski definition) is 2. The number of nitrogens with zero attached hydrogens (tertiary/aromatic N) is 2. The number of amides is 2. The summed E-state index contributed by atoms with van der Waals surface area (Å²) in [6.45, 7) is 6.55. The molecule has 6 heteroatoms. The molecule has 1 aliphatic heterocycles. The average molecular weight is 254 g/mol. The van der Waals surface area contributed by atoms with Gasteiger partial charge in [0, 0.05) is 26.2 Å². The van der Waals surface area contributed by atoms with Crippen molar-refractivity contribution in [2.75, 3.05) is 32.7 Å². The van der Waals surface area contributed by atoms with Crippen molar-refractivity contribution in [1.82, 2.24) is 9.80 Å². The number of primary amides is 1. The zero-order valence-electron chi connectivity index (χ0n) is 10.7. The van der Waals surface area contributed by atoms with Crippen LogP contribution in [0.5, 0.6) is 0 Å². The zero-order chi connectivity index (χ0) is 13.5. The van der Waals surface area contributed by atoms with Crippen molar-refractivity contribution in [3.8, 4) is 0 Å². The molecule has 4 N–H and O–H groups in total. The molecule has 1 aliphatic rings. The van der Waals surface area contributed by atoms with Gasteiger partial charge < -0.3 is 16.4 Å². The molecular formula is C12H22N4O2. The molecule has 0 spiro atoms. The summed E-state index contributed by atoms with van der Waals surface area (Å²) in [6, 6.07) is -0.509. The van der Waals surface area contributed by atoms with E-state index in [1.165, 1.54) is 0 Å². The Morgan fingerprint density at radius 3 is 2.61 bits per heavy atom. The summed E-state index contributed by atoms with van der Waals surface area (Å²) in [5.41, 5.74) is 10.9. The molecule has 102 valence electrons. The number of hydrogen-bond acceptors (Lipinski definition) is 4. The average Bonchev–Trinajstić information content (AvgIpc) is 2.53. The largest absolute Gasteiger partial charge is 0.369 e. The van der Waals surface area contributed by atoms with E-state index in [0.29, 0.717) is 26.1 Å². The van der Waals surface area contributed by atoms with Crippen LogP contribution in [0.3, 0.4) is 0 Å². The van der Waals surface area contributed by atoms with Gasteiger partial charge in [0.05, 0.1) is 12.6 Å². The molecule has 0 bridgehead atoms. The van der Waals surface area contributed by atoms with Crippen molar-refractivity contribution in [2.24, 2.45) is 11.5 Å².